The Labute approximate surface area is 219 Å². The molecule has 0 atom stereocenters. The summed E-state index contributed by atoms with van der Waals surface area (Å²) in [5.74, 6) is 0. The molecule has 176 valence electrons. The average Bonchev–Trinajstić information content (AvgIpc) is 3.40. The Balaban J connectivity index is 1.88. The van der Waals surface area contributed by atoms with Crippen molar-refractivity contribution in [3.05, 3.63) is 150 Å². The number of hydrogen-bond acceptors (Lipinski definition) is 2. The molecule has 6 aromatic rings. The predicted octanol–water partition coefficient (Wildman–Crippen LogP) is 6.69. The molecule has 36 heavy (non-hydrogen) atoms. The summed E-state index contributed by atoms with van der Waals surface area (Å²) in [6.07, 6.45) is 0.768. The van der Waals surface area contributed by atoms with E-state index < -0.39 is 6.75 Å². The van der Waals surface area contributed by atoms with Crippen LogP contribution in [0.5, 0.6) is 0 Å². The molecule has 0 unspecified atom stereocenters. The first-order valence-electron chi connectivity index (χ1n) is 12.0. The molecule has 1 aromatic heterocycles. The van der Waals surface area contributed by atoms with Gasteiger partial charge in [0.25, 0.3) is 0 Å². The Bertz CT molecular complexity index is 1520. The normalized spacial score (nSPS) is 12.8. The van der Waals surface area contributed by atoms with Crippen molar-refractivity contribution < 1.29 is 0 Å². The van der Waals surface area contributed by atoms with Crippen LogP contribution in [0.4, 0.5) is 0 Å². The summed E-state index contributed by atoms with van der Waals surface area (Å²) in [4.78, 5) is 0. The summed E-state index contributed by atoms with van der Waals surface area (Å²) in [6.45, 7) is -3.53. The molecule has 0 amide bonds. The van der Waals surface area contributed by atoms with Crippen molar-refractivity contribution in [2.45, 2.75) is 6.16 Å². The van der Waals surface area contributed by atoms with Gasteiger partial charge in [-0.2, -0.15) is 0 Å². The molecular formula is C31H25BrN3P. The fraction of sp³-hybridized carbons (Fsp3) is 0.0323. The molecule has 0 fully saturated rings. The molecule has 0 N–H and O–H groups in total. The molecule has 0 radical (unpaired) electrons. The summed E-state index contributed by atoms with van der Waals surface area (Å²) in [5.41, 5.74) is 3.17. The van der Waals surface area contributed by atoms with Crippen molar-refractivity contribution >= 4 is 49.6 Å². The molecule has 1 heterocycles. The number of benzene rings is 5. The van der Waals surface area contributed by atoms with E-state index in [0.29, 0.717) is 0 Å². The molecule has 0 bridgehead atoms. The molecule has 0 aliphatic heterocycles. The SMILES string of the molecule is Brc1ccc(CP(c2ccccc2)(c2ccccc2)(c2ccccc2)n2nnc3ccccc32)cc1. The number of nitrogens with zero attached hydrogens (tertiary/aromatic N) is 3. The number of halogens is 1. The van der Waals surface area contributed by atoms with Gasteiger partial charge in [-0.1, -0.05) is 0 Å². The van der Waals surface area contributed by atoms with Crippen LogP contribution in [-0.2, 0) is 6.16 Å². The van der Waals surface area contributed by atoms with Crippen LogP contribution in [0.25, 0.3) is 11.0 Å². The van der Waals surface area contributed by atoms with E-state index in [2.05, 4.69) is 148 Å². The molecule has 3 nitrogen and oxygen atoms in total. The van der Waals surface area contributed by atoms with E-state index in [1.54, 1.807) is 0 Å². The van der Waals surface area contributed by atoms with E-state index in [4.69, 9.17) is 10.3 Å². The van der Waals surface area contributed by atoms with Crippen LogP contribution in [0.2, 0.25) is 0 Å². The number of para-hydroxylation sites is 1. The molecule has 5 aromatic carbocycles. The van der Waals surface area contributed by atoms with Gasteiger partial charge in [0.05, 0.1) is 0 Å². The second kappa shape index (κ2) is 9.13. The minimum atomic E-state index is -3.53. The number of fused-ring (bicyclic) bond motifs is 1. The van der Waals surface area contributed by atoms with Crippen LogP contribution in [0, 0.1) is 0 Å². The van der Waals surface area contributed by atoms with Gasteiger partial charge in [-0.3, -0.25) is 0 Å². The van der Waals surface area contributed by atoms with Crippen molar-refractivity contribution in [2.24, 2.45) is 0 Å². The summed E-state index contributed by atoms with van der Waals surface area (Å²) in [6, 6.07) is 49.7. The van der Waals surface area contributed by atoms with Crippen molar-refractivity contribution in [1.82, 2.24) is 14.8 Å². The molecule has 0 saturated carbocycles. The van der Waals surface area contributed by atoms with Crippen LogP contribution in [-0.4, -0.2) is 14.8 Å². The van der Waals surface area contributed by atoms with Crippen molar-refractivity contribution in [1.29, 1.82) is 0 Å². The van der Waals surface area contributed by atoms with E-state index in [-0.39, 0.29) is 0 Å². The number of rotatable bonds is 6. The predicted molar refractivity (Wildman–Crippen MR) is 156 cm³/mol. The Morgan fingerprint density at radius 1 is 0.556 bits per heavy atom. The fourth-order valence-corrected chi connectivity index (χ4v) is 12.2. The molecule has 0 saturated heterocycles. The van der Waals surface area contributed by atoms with Crippen molar-refractivity contribution in [3.63, 3.8) is 0 Å². The van der Waals surface area contributed by atoms with Gasteiger partial charge >= 0.3 is 220 Å². The van der Waals surface area contributed by atoms with Crippen LogP contribution in [0.1, 0.15) is 5.56 Å². The van der Waals surface area contributed by atoms with E-state index in [1.165, 1.54) is 21.5 Å². The van der Waals surface area contributed by atoms with E-state index in [1.807, 2.05) is 12.1 Å². The van der Waals surface area contributed by atoms with Gasteiger partial charge in [0.1, 0.15) is 0 Å². The standard InChI is InChI=1S/C31H25BrN3P/c32-26-22-20-25(21-23-26)24-36(27-12-4-1-5-13-27,28-14-6-2-7-15-28,29-16-8-3-9-17-29)35-31-19-11-10-18-30(31)33-34-35/h1-23H,24H2. The zero-order valence-corrected chi connectivity index (χ0v) is 22.1. The third-order valence-corrected chi connectivity index (χ3v) is 14.0. The van der Waals surface area contributed by atoms with Gasteiger partial charge < -0.3 is 0 Å². The molecular weight excluding hydrogens is 525 g/mol. The van der Waals surface area contributed by atoms with E-state index in [9.17, 15) is 0 Å². The first-order chi connectivity index (χ1) is 17.7. The zero-order chi connectivity index (χ0) is 24.5. The van der Waals surface area contributed by atoms with Gasteiger partial charge in [0.2, 0.25) is 0 Å². The molecule has 5 heteroatoms. The Morgan fingerprint density at radius 2 is 1.03 bits per heavy atom. The van der Waals surface area contributed by atoms with E-state index in [0.717, 1.165) is 21.7 Å². The topological polar surface area (TPSA) is 30.7 Å². The van der Waals surface area contributed by atoms with Crippen LogP contribution in [0.3, 0.4) is 0 Å². The maximum absolute atomic E-state index is 5.00. The monoisotopic (exact) mass is 549 g/mol. The zero-order valence-electron chi connectivity index (χ0n) is 19.7. The van der Waals surface area contributed by atoms with Crippen molar-refractivity contribution in [3.8, 4) is 0 Å². The quantitative estimate of drug-likeness (QED) is 0.217. The van der Waals surface area contributed by atoms with E-state index >= 15 is 0 Å². The van der Waals surface area contributed by atoms with Crippen LogP contribution < -0.4 is 15.9 Å². The summed E-state index contributed by atoms with van der Waals surface area (Å²) in [5, 5.41) is 13.4. The molecule has 0 aliphatic rings. The number of aromatic nitrogens is 3. The number of hydrogen-bond donors (Lipinski definition) is 0. The van der Waals surface area contributed by atoms with Crippen LogP contribution >= 0.6 is 22.7 Å². The maximum atomic E-state index is 5.00. The minimum absolute atomic E-state index is 0.768. The Morgan fingerprint density at radius 3 is 1.56 bits per heavy atom. The van der Waals surface area contributed by atoms with Gasteiger partial charge in [-0.05, 0) is 0 Å². The Kier molecular flexibility index (Phi) is 5.79. The summed E-state index contributed by atoms with van der Waals surface area (Å²) >= 11 is 3.63. The molecule has 0 aliphatic carbocycles. The van der Waals surface area contributed by atoms with Crippen LogP contribution in [0.15, 0.2) is 144 Å². The second-order valence-electron chi connectivity index (χ2n) is 9.01. The molecule has 0 spiro atoms. The first-order valence-corrected chi connectivity index (χ1v) is 15.1. The summed E-state index contributed by atoms with van der Waals surface area (Å²) in [7, 11) is 0. The van der Waals surface area contributed by atoms with Gasteiger partial charge in [0, 0.05) is 0 Å². The van der Waals surface area contributed by atoms with Gasteiger partial charge in [-0.15, -0.1) is 0 Å². The fourth-order valence-electron chi connectivity index (χ4n) is 5.49. The Hall–Kier alpha value is -3.59. The molecule has 6 rings (SSSR count). The summed E-state index contributed by atoms with van der Waals surface area (Å²) < 4.78 is 3.35. The van der Waals surface area contributed by atoms with Crippen molar-refractivity contribution in [2.75, 3.05) is 0 Å². The third kappa shape index (κ3) is 3.37. The average molecular weight is 550 g/mol. The van der Waals surface area contributed by atoms with Gasteiger partial charge in [-0.25, -0.2) is 0 Å². The first kappa shape index (κ1) is 22.8. The third-order valence-electron chi connectivity index (χ3n) is 7.09. The second-order valence-corrected chi connectivity index (χ2v) is 14.7. The van der Waals surface area contributed by atoms with Gasteiger partial charge in [0.15, 0.2) is 0 Å².